The van der Waals surface area contributed by atoms with E-state index in [0.717, 1.165) is 28.7 Å². The van der Waals surface area contributed by atoms with Crippen LogP contribution in [0.15, 0.2) is 53.4 Å². The van der Waals surface area contributed by atoms with Gasteiger partial charge in [0.1, 0.15) is 6.61 Å². The summed E-state index contributed by atoms with van der Waals surface area (Å²) in [5.41, 5.74) is 4.05. The van der Waals surface area contributed by atoms with Crippen molar-refractivity contribution in [3.05, 3.63) is 65.2 Å². The molecule has 0 bridgehead atoms. The number of rotatable bonds is 11. The third-order valence-electron chi connectivity index (χ3n) is 7.29. The maximum absolute atomic E-state index is 13.2. The average molecular weight is 581 g/mol. The number of amides is 1. The van der Waals surface area contributed by atoms with Gasteiger partial charge in [-0.2, -0.15) is 4.98 Å². The molecule has 1 aromatic heterocycles. The van der Waals surface area contributed by atoms with Crippen molar-refractivity contribution < 1.29 is 23.1 Å². The minimum Gasteiger partial charge on any atom is -0.475 e. The molecular formula is C31H40N4O5S. The maximum atomic E-state index is 13.2. The molecule has 9 nitrogen and oxygen atoms in total. The van der Waals surface area contributed by atoms with Crippen molar-refractivity contribution >= 4 is 22.4 Å². The highest BCUT2D eigenvalue weighted by molar-refractivity contribution is 7.92. The third kappa shape index (κ3) is 7.62. The number of carbonyl (C=O) groups is 1. The number of sulfonamides is 1. The fourth-order valence-corrected chi connectivity index (χ4v) is 6.31. The lowest BCUT2D eigenvalue weighted by atomic mass is 9.83. The van der Waals surface area contributed by atoms with Crippen molar-refractivity contribution in [2.75, 3.05) is 11.3 Å². The lowest BCUT2D eigenvalue weighted by molar-refractivity contribution is -0.129. The summed E-state index contributed by atoms with van der Waals surface area (Å²) in [6, 6.07) is 13.9. The molecule has 0 aliphatic heterocycles. The summed E-state index contributed by atoms with van der Waals surface area (Å²) in [5, 5.41) is 9.84. The van der Waals surface area contributed by atoms with Gasteiger partial charge >= 0.3 is 0 Å². The van der Waals surface area contributed by atoms with Crippen LogP contribution < -0.4 is 9.46 Å². The molecule has 10 heteroatoms. The predicted molar refractivity (Wildman–Crippen MR) is 159 cm³/mol. The average Bonchev–Trinajstić information content (AvgIpc) is 2.85. The third-order valence-corrected chi connectivity index (χ3v) is 8.62. The summed E-state index contributed by atoms with van der Waals surface area (Å²) in [5.74, 6) is 0.0846. The van der Waals surface area contributed by atoms with Gasteiger partial charge in [-0.15, -0.1) is 0 Å². The van der Waals surface area contributed by atoms with Gasteiger partial charge in [0.15, 0.2) is 0 Å². The number of hydrogen-bond donors (Lipinski definition) is 2. The number of aliphatic hydroxyl groups is 1. The summed E-state index contributed by atoms with van der Waals surface area (Å²) in [6.07, 6.45) is 2.17. The van der Waals surface area contributed by atoms with E-state index in [1.54, 1.807) is 23.1 Å². The van der Waals surface area contributed by atoms with Crippen molar-refractivity contribution in [3.63, 3.8) is 0 Å². The summed E-state index contributed by atoms with van der Waals surface area (Å²) < 4.78 is 35.2. The number of anilines is 1. The van der Waals surface area contributed by atoms with Crippen LogP contribution >= 0.6 is 0 Å². The zero-order valence-corrected chi connectivity index (χ0v) is 25.4. The Morgan fingerprint density at radius 1 is 1.07 bits per heavy atom. The summed E-state index contributed by atoms with van der Waals surface area (Å²) in [7, 11) is -3.97. The van der Waals surface area contributed by atoms with Crippen LogP contribution in [0.3, 0.4) is 0 Å². The van der Waals surface area contributed by atoms with E-state index < -0.39 is 16.1 Å². The van der Waals surface area contributed by atoms with Gasteiger partial charge in [0.25, 0.3) is 10.0 Å². The SMILES string of the molecule is Cc1cccc(S(=O)(=O)Nc2nc(OC[C@@H](CC(C)(C)C)N(C=O)C3CC(O)C3)cc(-c3c(C)cccc3C)n2)c1. The van der Waals surface area contributed by atoms with Crippen LogP contribution in [0.25, 0.3) is 11.3 Å². The van der Waals surface area contributed by atoms with Crippen molar-refractivity contribution in [2.24, 2.45) is 5.41 Å². The van der Waals surface area contributed by atoms with Crippen molar-refractivity contribution in [3.8, 4) is 17.1 Å². The standard InChI is InChI=1S/C31H40N4O5S/c1-20-9-7-12-26(13-20)41(38,39)34-30-32-27(29-21(2)10-8-11-22(29)3)16-28(33-30)40-18-24(17-31(4,5)6)35(19-36)23-14-25(37)15-23/h7-13,16,19,23-25,37H,14-15,17-18H2,1-6H3,(H,32,33,34)/t23?,24-,25?/m1/s1. The van der Waals surface area contributed by atoms with Gasteiger partial charge in [0.2, 0.25) is 18.2 Å². The Balaban J connectivity index is 1.70. The second kappa shape index (κ2) is 12.2. The van der Waals surface area contributed by atoms with E-state index in [1.807, 2.05) is 45.0 Å². The fraction of sp³-hybridized carbons (Fsp3) is 0.452. The number of ether oxygens (including phenoxy) is 1. The highest BCUT2D eigenvalue weighted by Gasteiger charge is 2.37. The Labute approximate surface area is 243 Å². The first-order valence-electron chi connectivity index (χ1n) is 13.8. The minimum atomic E-state index is -3.97. The van der Waals surface area contributed by atoms with Gasteiger partial charge in [-0.25, -0.2) is 18.1 Å². The molecule has 1 aliphatic rings. The van der Waals surface area contributed by atoms with Crippen LogP contribution in [0, 0.1) is 26.2 Å². The number of hydrogen-bond acceptors (Lipinski definition) is 7. The van der Waals surface area contributed by atoms with Crippen LogP contribution in [0.1, 0.15) is 56.7 Å². The van der Waals surface area contributed by atoms with E-state index >= 15 is 0 Å². The summed E-state index contributed by atoms with van der Waals surface area (Å²) >= 11 is 0. The fourth-order valence-electron chi connectivity index (χ4n) is 5.26. The second-order valence-corrected chi connectivity index (χ2v) is 13.8. The second-order valence-electron chi connectivity index (χ2n) is 12.2. The molecule has 2 aromatic carbocycles. The summed E-state index contributed by atoms with van der Waals surface area (Å²) in [4.78, 5) is 23.0. The lowest BCUT2D eigenvalue weighted by Gasteiger charge is -2.44. The van der Waals surface area contributed by atoms with Gasteiger partial charge in [-0.1, -0.05) is 51.1 Å². The van der Waals surface area contributed by atoms with Gasteiger partial charge < -0.3 is 14.7 Å². The number of benzene rings is 2. The Morgan fingerprint density at radius 2 is 1.73 bits per heavy atom. The van der Waals surface area contributed by atoms with Crippen LogP contribution in [-0.4, -0.2) is 59.6 Å². The zero-order valence-electron chi connectivity index (χ0n) is 24.6. The molecule has 0 saturated heterocycles. The Kier molecular flexibility index (Phi) is 9.03. The number of aliphatic hydroxyl groups excluding tert-OH is 1. The first-order valence-corrected chi connectivity index (χ1v) is 15.3. The number of carbonyl (C=O) groups excluding carboxylic acids is 1. The van der Waals surface area contributed by atoms with Gasteiger partial charge in [0.05, 0.1) is 22.7 Å². The molecule has 0 unspecified atom stereocenters. The van der Waals surface area contributed by atoms with Crippen molar-refractivity contribution in [1.82, 2.24) is 14.9 Å². The molecule has 3 aromatic rings. The molecule has 1 amide bonds. The molecule has 1 atom stereocenters. The molecule has 4 rings (SSSR count). The highest BCUT2D eigenvalue weighted by Crippen LogP contribution is 2.32. The molecule has 1 heterocycles. The van der Waals surface area contributed by atoms with E-state index in [2.05, 4.69) is 35.5 Å². The smallest absolute Gasteiger partial charge is 0.264 e. The van der Waals surface area contributed by atoms with E-state index in [-0.39, 0.29) is 40.8 Å². The number of nitrogens with one attached hydrogen (secondary N) is 1. The highest BCUT2D eigenvalue weighted by atomic mass is 32.2. The van der Waals surface area contributed by atoms with Crippen LogP contribution in [-0.2, 0) is 14.8 Å². The monoisotopic (exact) mass is 580 g/mol. The van der Waals surface area contributed by atoms with Crippen LogP contribution in [0.2, 0.25) is 0 Å². The molecule has 0 spiro atoms. The Hall–Kier alpha value is -3.50. The number of aromatic nitrogens is 2. The zero-order chi connectivity index (χ0) is 29.9. The van der Waals surface area contributed by atoms with Crippen LogP contribution in [0.5, 0.6) is 5.88 Å². The molecule has 220 valence electrons. The number of nitrogens with zero attached hydrogens (tertiary/aromatic N) is 3. The van der Waals surface area contributed by atoms with Crippen LogP contribution in [0.4, 0.5) is 5.95 Å². The minimum absolute atomic E-state index is 0.0503. The molecule has 1 saturated carbocycles. The van der Waals surface area contributed by atoms with E-state index in [1.165, 1.54) is 6.07 Å². The number of aryl methyl sites for hydroxylation is 3. The first-order chi connectivity index (χ1) is 19.3. The molecule has 1 fully saturated rings. The van der Waals surface area contributed by atoms with Gasteiger partial charge in [-0.05, 0) is 74.3 Å². The van der Waals surface area contributed by atoms with Crippen molar-refractivity contribution in [1.29, 1.82) is 0 Å². The van der Waals surface area contributed by atoms with Gasteiger partial charge in [-0.3, -0.25) is 4.79 Å². The maximum Gasteiger partial charge on any atom is 0.264 e. The molecule has 41 heavy (non-hydrogen) atoms. The van der Waals surface area contributed by atoms with E-state index in [9.17, 15) is 18.3 Å². The topological polar surface area (TPSA) is 122 Å². The Bertz CT molecular complexity index is 1480. The van der Waals surface area contributed by atoms with E-state index in [0.29, 0.717) is 25.0 Å². The lowest BCUT2D eigenvalue weighted by Crippen LogP contribution is -2.53. The molecular weight excluding hydrogens is 540 g/mol. The normalized spacial score (nSPS) is 17.8. The predicted octanol–water partition coefficient (Wildman–Crippen LogP) is 5.03. The molecule has 2 N–H and O–H groups in total. The largest absolute Gasteiger partial charge is 0.475 e. The van der Waals surface area contributed by atoms with Crippen molar-refractivity contribution in [2.45, 2.75) is 83.9 Å². The first kappa shape index (κ1) is 30.5. The molecule has 1 aliphatic carbocycles. The summed E-state index contributed by atoms with van der Waals surface area (Å²) in [6.45, 7) is 12.2. The quantitative estimate of drug-likeness (QED) is 0.305. The molecule has 0 radical (unpaired) electrons. The van der Waals surface area contributed by atoms with E-state index in [4.69, 9.17) is 4.74 Å². The Morgan fingerprint density at radius 3 is 2.32 bits per heavy atom. The van der Waals surface area contributed by atoms with Gasteiger partial charge in [0, 0.05) is 17.7 Å².